The summed E-state index contributed by atoms with van der Waals surface area (Å²) in [7, 11) is 0. The van der Waals surface area contributed by atoms with Crippen molar-refractivity contribution in [2.24, 2.45) is 17.8 Å². The number of tetrazole rings is 1. The Morgan fingerprint density at radius 3 is 2.54 bits per heavy atom. The Hall–Kier alpha value is -1.95. The Morgan fingerprint density at radius 2 is 1.88 bits per heavy atom. The van der Waals surface area contributed by atoms with Gasteiger partial charge in [-0.3, -0.25) is 4.79 Å². The predicted molar refractivity (Wildman–Crippen MR) is 97.3 cm³/mol. The Balaban J connectivity index is 1.27. The van der Waals surface area contributed by atoms with E-state index in [1.807, 2.05) is 12.1 Å². The molecule has 0 unspecified atom stereocenters. The van der Waals surface area contributed by atoms with E-state index in [1.165, 1.54) is 24.1 Å². The molecule has 4 aliphatic carbocycles. The van der Waals surface area contributed by atoms with E-state index in [9.17, 15) is 4.79 Å². The van der Waals surface area contributed by atoms with Crippen molar-refractivity contribution >= 4 is 17.5 Å². The number of carbonyl (C=O) groups excluding carboxylic acids is 1. The van der Waals surface area contributed by atoms with Crippen molar-refractivity contribution < 1.29 is 4.79 Å². The molecule has 1 N–H and O–H groups in total. The van der Waals surface area contributed by atoms with Gasteiger partial charge in [-0.15, -0.1) is 10.2 Å². The van der Waals surface area contributed by atoms with Crippen molar-refractivity contribution in [2.75, 3.05) is 0 Å². The third kappa shape index (κ3) is 3.00. The average Bonchev–Trinajstić information content (AvgIpc) is 3.01. The van der Waals surface area contributed by atoms with E-state index in [4.69, 9.17) is 11.6 Å². The van der Waals surface area contributed by atoms with Crippen molar-refractivity contribution in [1.29, 1.82) is 0 Å². The van der Waals surface area contributed by atoms with Gasteiger partial charge in [0.2, 0.25) is 11.7 Å². The molecule has 0 radical (unpaired) electrons. The van der Waals surface area contributed by atoms with Gasteiger partial charge in [-0.2, -0.15) is 4.80 Å². The minimum atomic E-state index is -0.0120. The van der Waals surface area contributed by atoms with Crippen LogP contribution in [0.1, 0.15) is 38.5 Å². The Bertz CT molecular complexity index is 813. The van der Waals surface area contributed by atoms with Crippen LogP contribution < -0.4 is 5.32 Å². The molecule has 7 heteroatoms. The van der Waals surface area contributed by atoms with Crippen molar-refractivity contribution in [3.05, 3.63) is 29.3 Å². The van der Waals surface area contributed by atoms with Gasteiger partial charge >= 0.3 is 0 Å². The second kappa shape index (κ2) is 6.05. The maximum absolute atomic E-state index is 12.6. The molecule has 0 spiro atoms. The zero-order chi connectivity index (χ0) is 17.7. The van der Waals surface area contributed by atoms with E-state index < -0.39 is 0 Å². The summed E-state index contributed by atoms with van der Waals surface area (Å²) in [4.78, 5) is 14.0. The number of halogens is 1. The summed E-state index contributed by atoms with van der Waals surface area (Å²) in [5, 5.41) is 16.4. The molecule has 0 aliphatic heterocycles. The number of nitrogens with zero attached hydrogens (tertiary/aromatic N) is 4. The minimum absolute atomic E-state index is 0.0120. The fourth-order valence-corrected chi connectivity index (χ4v) is 5.97. The first-order valence-corrected chi connectivity index (χ1v) is 9.79. The summed E-state index contributed by atoms with van der Waals surface area (Å²) in [6.07, 6.45) is 7.52. The third-order valence-corrected chi connectivity index (χ3v) is 6.50. The summed E-state index contributed by atoms with van der Waals surface area (Å²) in [6, 6.07) is 7.31. The summed E-state index contributed by atoms with van der Waals surface area (Å²) in [6.45, 7) is 0.106. The molecule has 26 heavy (non-hydrogen) atoms. The zero-order valence-corrected chi connectivity index (χ0v) is 15.3. The number of rotatable bonds is 4. The van der Waals surface area contributed by atoms with E-state index in [2.05, 4.69) is 20.7 Å². The molecule has 4 fully saturated rings. The largest absolute Gasteiger partial charge is 0.349 e. The smallest absolute Gasteiger partial charge is 0.244 e. The number of nitrogens with one attached hydrogen (secondary N) is 1. The fourth-order valence-electron chi connectivity index (χ4n) is 5.78. The lowest BCUT2D eigenvalue weighted by molar-refractivity contribution is -0.127. The van der Waals surface area contributed by atoms with Gasteiger partial charge in [-0.25, -0.2) is 0 Å². The van der Waals surface area contributed by atoms with Crippen LogP contribution in [-0.4, -0.2) is 31.7 Å². The highest BCUT2D eigenvalue weighted by atomic mass is 35.5. The van der Waals surface area contributed by atoms with Gasteiger partial charge < -0.3 is 5.32 Å². The van der Waals surface area contributed by atoms with Crippen LogP contribution in [0.2, 0.25) is 5.02 Å². The molecule has 4 saturated carbocycles. The topological polar surface area (TPSA) is 72.7 Å². The second-order valence-electron chi connectivity index (χ2n) is 8.40. The molecule has 1 heterocycles. The van der Waals surface area contributed by atoms with E-state index in [0.29, 0.717) is 10.8 Å². The molecule has 6 rings (SSSR count). The number of amides is 1. The molecular weight excluding hydrogens is 350 g/mol. The van der Waals surface area contributed by atoms with Gasteiger partial charge in [0.15, 0.2) is 0 Å². The SMILES string of the molecule is O=C(Cn1nnc(-c2cccc(Cl)c2)n1)NC12CC3CC(CC(C3)C1)C2. The molecule has 1 aromatic heterocycles. The highest BCUT2D eigenvalue weighted by Gasteiger charge is 2.51. The first-order chi connectivity index (χ1) is 12.6. The Labute approximate surface area is 157 Å². The zero-order valence-electron chi connectivity index (χ0n) is 14.6. The predicted octanol–water partition coefficient (Wildman–Crippen LogP) is 3.08. The number of hydrogen-bond acceptors (Lipinski definition) is 4. The van der Waals surface area contributed by atoms with Gasteiger partial charge in [0.25, 0.3) is 0 Å². The molecule has 0 saturated heterocycles. The quantitative estimate of drug-likeness (QED) is 0.896. The lowest BCUT2D eigenvalue weighted by atomic mass is 9.53. The van der Waals surface area contributed by atoms with Crippen molar-refractivity contribution in [3.8, 4) is 11.4 Å². The van der Waals surface area contributed by atoms with Crippen LogP contribution in [0.25, 0.3) is 11.4 Å². The molecule has 6 nitrogen and oxygen atoms in total. The molecule has 1 aromatic carbocycles. The summed E-state index contributed by atoms with van der Waals surface area (Å²) in [5.74, 6) is 2.89. The van der Waals surface area contributed by atoms with E-state index >= 15 is 0 Å². The normalized spacial score (nSPS) is 32.0. The molecule has 4 bridgehead atoms. The first-order valence-electron chi connectivity index (χ1n) is 9.42. The maximum Gasteiger partial charge on any atom is 0.244 e. The van der Waals surface area contributed by atoms with Gasteiger partial charge in [0.1, 0.15) is 6.54 Å². The molecule has 1 amide bonds. The van der Waals surface area contributed by atoms with Gasteiger partial charge in [0.05, 0.1) is 0 Å². The monoisotopic (exact) mass is 371 g/mol. The summed E-state index contributed by atoms with van der Waals surface area (Å²) in [5.41, 5.74) is 0.813. The van der Waals surface area contributed by atoms with Crippen molar-refractivity contribution in [3.63, 3.8) is 0 Å². The summed E-state index contributed by atoms with van der Waals surface area (Å²) >= 11 is 6.01. The van der Waals surface area contributed by atoms with E-state index in [1.54, 1.807) is 12.1 Å². The van der Waals surface area contributed by atoms with Gasteiger partial charge in [-0.05, 0) is 73.6 Å². The van der Waals surface area contributed by atoms with Crippen molar-refractivity contribution in [1.82, 2.24) is 25.5 Å². The van der Waals surface area contributed by atoms with Crippen molar-refractivity contribution in [2.45, 2.75) is 50.6 Å². The fraction of sp³-hybridized carbons (Fsp3) is 0.579. The lowest BCUT2D eigenvalue weighted by Gasteiger charge is -2.56. The molecular formula is C19H22ClN5O. The highest BCUT2D eigenvalue weighted by molar-refractivity contribution is 6.30. The molecule has 136 valence electrons. The third-order valence-electron chi connectivity index (χ3n) is 6.26. The van der Waals surface area contributed by atoms with E-state index in [-0.39, 0.29) is 18.0 Å². The number of hydrogen-bond donors (Lipinski definition) is 1. The van der Waals surface area contributed by atoms with E-state index in [0.717, 1.165) is 42.6 Å². The van der Waals surface area contributed by atoms with Crippen LogP contribution in [0.3, 0.4) is 0 Å². The standard InChI is InChI=1S/C19H22ClN5O/c20-16-3-1-2-15(7-16)18-22-24-25(23-18)11-17(26)21-19-8-12-4-13(9-19)6-14(5-12)10-19/h1-3,7,12-14H,4-6,8-11H2,(H,21,26). The van der Waals surface area contributed by atoms with Crippen LogP contribution in [0.5, 0.6) is 0 Å². The van der Waals surface area contributed by atoms with Crippen LogP contribution in [0.15, 0.2) is 24.3 Å². The number of carbonyl (C=O) groups is 1. The first kappa shape index (κ1) is 16.2. The highest BCUT2D eigenvalue weighted by Crippen LogP contribution is 2.55. The average molecular weight is 372 g/mol. The van der Waals surface area contributed by atoms with Crippen LogP contribution in [0.4, 0.5) is 0 Å². The minimum Gasteiger partial charge on any atom is -0.349 e. The second-order valence-corrected chi connectivity index (χ2v) is 8.84. The number of benzene rings is 1. The molecule has 2 aromatic rings. The van der Waals surface area contributed by atoms with Gasteiger partial charge in [-0.1, -0.05) is 23.7 Å². The van der Waals surface area contributed by atoms with Crippen LogP contribution >= 0.6 is 11.6 Å². The van der Waals surface area contributed by atoms with Crippen LogP contribution in [-0.2, 0) is 11.3 Å². The lowest BCUT2D eigenvalue weighted by Crippen LogP contribution is -2.60. The van der Waals surface area contributed by atoms with Gasteiger partial charge in [0, 0.05) is 16.1 Å². The Morgan fingerprint density at radius 1 is 1.19 bits per heavy atom. The molecule has 0 atom stereocenters. The Kier molecular flexibility index (Phi) is 3.78. The molecule has 4 aliphatic rings. The van der Waals surface area contributed by atoms with Crippen LogP contribution in [0, 0.1) is 17.8 Å². The number of aromatic nitrogens is 4. The maximum atomic E-state index is 12.6. The summed E-state index contributed by atoms with van der Waals surface area (Å²) < 4.78 is 0.